The summed E-state index contributed by atoms with van der Waals surface area (Å²) in [6.45, 7) is 12.1. The smallest absolute Gasteiger partial charge is 0.252 e. The third-order valence-corrected chi connectivity index (χ3v) is 13.7. The van der Waals surface area contributed by atoms with Crippen LogP contribution in [0.4, 0.5) is 10.1 Å². The Morgan fingerprint density at radius 2 is 1.76 bits per heavy atom. The summed E-state index contributed by atoms with van der Waals surface area (Å²) in [4.78, 5) is 37.1. The van der Waals surface area contributed by atoms with Crippen LogP contribution in [0.2, 0.25) is 0 Å². The van der Waals surface area contributed by atoms with Crippen LogP contribution in [0, 0.1) is 17.2 Å². The number of amides is 2. The lowest BCUT2D eigenvalue weighted by atomic mass is 9.57. The van der Waals surface area contributed by atoms with E-state index in [1.807, 2.05) is 43.3 Å². The van der Waals surface area contributed by atoms with Crippen molar-refractivity contribution in [2.45, 2.75) is 102 Å². The van der Waals surface area contributed by atoms with Crippen molar-refractivity contribution in [3.8, 4) is 17.2 Å². The summed E-state index contributed by atoms with van der Waals surface area (Å²) in [5.41, 5.74) is 7.24. The molecule has 3 N–H and O–H groups in total. The number of aryl methyl sites for hydroxylation is 2. The molecule has 2 spiro atoms. The largest absolute Gasteiger partial charge is 0.508 e. The number of phenolic OH excluding ortho intramolecular Hbond substituents is 1. The highest BCUT2D eigenvalue weighted by atomic mass is 19.1. The fourth-order valence-corrected chi connectivity index (χ4v) is 10.1. The lowest BCUT2D eigenvalue weighted by molar-refractivity contribution is -0.120. The number of piperidine rings is 2. The second-order valence-corrected chi connectivity index (χ2v) is 17.8. The Labute approximate surface area is 367 Å². The van der Waals surface area contributed by atoms with Crippen LogP contribution in [-0.2, 0) is 34.4 Å². The van der Waals surface area contributed by atoms with Gasteiger partial charge in [0, 0.05) is 68.7 Å². The molecule has 0 atom stereocenters. The molecule has 334 valence electrons. The van der Waals surface area contributed by atoms with E-state index in [2.05, 4.69) is 33.1 Å². The van der Waals surface area contributed by atoms with Gasteiger partial charge in [0.2, 0.25) is 5.91 Å². The molecule has 0 radical (unpaired) electrons. The number of rotatable bonds is 9. The van der Waals surface area contributed by atoms with E-state index in [1.165, 1.54) is 61.4 Å². The van der Waals surface area contributed by atoms with Gasteiger partial charge in [-0.25, -0.2) is 4.39 Å². The molecule has 6 aliphatic rings. The molecular weight excluding hydrogens is 784 g/mol. The van der Waals surface area contributed by atoms with Crippen molar-refractivity contribution in [3.63, 3.8) is 0 Å². The quantitative estimate of drug-likeness (QED) is 0.111. The van der Waals surface area contributed by atoms with Gasteiger partial charge in [-0.15, -0.1) is 0 Å². The van der Waals surface area contributed by atoms with Crippen LogP contribution in [0.25, 0.3) is 0 Å². The first-order valence-electron chi connectivity index (χ1n) is 22.6. The second kappa shape index (κ2) is 21.8. The van der Waals surface area contributed by atoms with E-state index in [0.717, 1.165) is 94.0 Å². The van der Waals surface area contributed by atoms with Crippen LogP contribution in [0.5, 0.6) is 17.2 Å². The molecule has 2 amide bonds. The minimum Gasteiger partial charge on any atom is -0.508 e. The standard InChI is InChI=1S/C30H36FN3O3.C10H12O.C6H11NO2.C5H8/c1-36-22-2-3-25(31)26(13-22)34-10-4-29(5-11-34)15-20(16-29)18-33-8-6-30(7-9-33)19-37-27-14-23-21(12-24(27)30)17-32-28(23)35;11-10-6-5-8-3-1-2-4-9(8)7-10;1-7-6(9)4-2-3-5-8;1-3-5-4-2/h2-3,12-14,20H,4-11,15-19H2,1H3,(H,32,35);5-7,11H,1-4H2;5H,2-4H2,1H3,(H,7,9);3-5H,1H2,2H3/b;;;5-4-. The van der Waals surface area contributed by atoms with Crippen molar-refractivity contribution in [2.75, 3.05) is 58.4 Å². The fourth-order valence-electron chi connectivity index (χ4n) is 10.1. The molecule has 4 aliphatic heterocycles. The number of fused-ring (bicyclic) bond motifs is 4. The highest BCUT2D eigenvalue weighted by molar-refractivity contribution is 5.99. The lowest BCUT2D eigenvalue weighted by Gasteiger charge is -2.54. The van der Waals surface area contributed by atoms with Crippen molar-refractivity contribution < 1.29 is 33.4 Å². The monoisotopic (exact) mass is 851 g/mol. The molecule has 0 unspecified atom stereocenters. The SMILES string of the molecule is C=C/C=C\C.CNC(=O)CCCC=O.COc1ccc(F)c(N2CCC3(CC2)CC(CN2CCC4(CC2)COc2cc5c(cc24)CNC5=O)C3)c1.Oc1ccc2c(c1)CCCC2. The summed E-state index contributed by atoms with van der Waals surface area (Å²) < 4.78 is 25.9. The van der Waals surface area contributed by atoms with Crippen molar-refractivity contribution in [1.29, 1.82) is 0 Å². The summed E-state index contributed by atoms with van der Waals surface area (Å²) in [5.74, 6) is 2.69. The number of ether oxygens (including phenoxy) is 2. The maximum atomic E-state index is 14.4. The highest BCUT2D eigenvalue weighted by Crippen LogP contribution is 2.54. The van der Waals surface area contributed by atoms with Crippen molar-refractivity contribution in [1.82, 2.24) is 15.5 Å². The molecule has 3 aromatic carbocycles. The number of anilines is 1. The van der Waals surface area contributed by atoms with Gasteiger partial charge in [0.15, 0.2) is 0 Å². The van der Waals surface area contributed by atoms with Crippen LogP contribution < -0.4 is 25.0 Å². The van der Waals surface area contributed by atoms with Crippen LogP contribution >= 0.6 is 0 Å². The molecule has 3 aromatic rings. The lowest BCUT2D eigenvalue weighted by Crippen LogP contribution is -2.51. The number of unbranched alkanes of at least 4 members (excludes halogenated alkanes) is 1. The maximum absolute atomic E-state index is 14.4. The predicted octanol–water partition coefficient (Wildman–Crippen LogP) is 8.62. The van der Waals surface area contributed by atoms with Gasteiger partial charge in [-0.3, -0.25) is 9.59 Å². The van der Waals surface area contributed by atoms with Gasteiger partial charge >= 0.3 is 0 Å². The van der Waals surface area contributed by atoms with Gasteiger partial charge < -0.3 is 39.8 Å². The minimum atomic E-state index is -0.157. The predicted molar refractivity (Wildman–Crippen MR) is 244 cm³/mol. The van der Waals surface area contributed by atoms with Crippen LogP contribution in [0.15, 0.2) is 73.3 Å². The van der Waals surface area contributed by atoms with Crippen molar-refractivity contribution in [2.24, 2.45) is 11.3 Å². The Bertz CT molecular complexity index is 2040. The molecule has 0 aromatic heterocycles. The summed E-state index contributed by atoms with van der Waals surface area (Å²) in [5, 5.41) is 14.6. The average Bonchev–Trinajstić information content (AvgIpc) is 3.82. The van der Waals surface area contributed by atoms with Gasteiger partial charge in [0.25, 0.3) is 5.91 Å². The number of carbonyl (C=O) groups excluding carboxylic acids is 3. The normalized spacial score (nSPS) is 19.1. The first kappa shape index (κ1) is 46.3. The van der Waals surface area contributed by atoms with E-state index in [0.29, 0.717) is 48.4 Å². The zero-order chi connectivity index (χ0) is 44.1. The molecule has 9 rings (SSSR count). The van der Waals surface area contributed by atoms with Gasteiger partial charge in [0.05, 0.1) is 19.4 Å². The number of nitrogens with zero attached hydrogens (tertiary/aromatic N) is 2. The molecule has 0 bridgehead atoms. The van der Waals surface area contributed by atoms with E-state index in [1.54, 1.807) is 32.4 Å². The highest BCUT2D eigenvalue weighted by Gasteiger charge is 2.48. The summed E-state index contributed by atoms with van der Waals surface area (Å²) in [6.07, 6.45) is 20.1. The van der Waals surface area contributed by atoms with Crippen molar-refractivity contribution in [3.05, 3.63) is 107 Å². The summed E-state index contributed by atoms with van der Waals surface area (Å²) in [7, 11) is 3.22. The maximum Gasteiger partial charge on any atom is 0.252 e. The summed E-state index contributed by atoms with van der Waals surface area (Å²) >= 11 is 0. The number of carbonyl (C=O) groups is 3. The molecule has 1 saturated carbocycles. The first-order chi connectivity index (χ1) is 30.0. The number of aldehydes is 1. The van der Waals surface area contributed by atoms with Gasteiger partial charge in [0.1, 0.15) is 29.4 Å². The molecule has 3 fully saturated rings. The third kappa shape index (κ3) is 11.4. The molecule has 10 nitrogen and oxygen atoms in total. The topological polar surface area (TPSA) is 120 Å². The number of likely N-dealkylation sites (tertiary alicyclic amines) is 1. The average molecular weight is 851 g/mol. The van der Waals surface area contributed by atoms with E-state index in [9.17, 15) is 23.9 Å². The Hall–Kier alpha value is -5.16. The molecule has 2 aliphatic carbocycles. The number of methoxy groups -OCH3 is 1. The summed E-state index contributed by atoms with van der Waals surface area (Å²) in [6, 6.07) is 15.0. The molecular formula is C51H67FN4O6. The minimum absolute atomic E-state index is 0.00292. The van der Waals surface area contributed by atoms with Gasteiger partial charge in [-0.1, -0.05) is 30.9 Å². The first-order valence-corrected chi connectivity index (χ1v) is 22.6. The van der Waals surface area contributed by atoms with Crippen LogP contribution in [-0.4, -0.2) is 81.6 Å². The van der Waals surface area contributed by atoms with E-state index >= 15 is 0 Å². The zero-order valence-electron chi connectivity index (χ0n) is 37.1. The number of aromatic hydroxyl groups is 1. The number of halogens is 1. The molecule has 2 saturated heterocycles. The van der Waals surface area contributed by atoms with Crippen LogP contribution in [0.1, 0.15) is 110 Å². The Morgan fingerprint density at radius 3 is 2.42 bits per heavy atom. The van der Waals surface area contributed by atoms with Gasteiger partial charge in [-0.05, 0) is 155 Å². The number of benzene rings is 3. The number of nitrogens with one attached hydrogen (secondary N) is 2. The van der Waals surface area contributed by atoms with Crippen molar-refractivity contribution >= 4 is 23.8 Å². The molecule has 62 heavy (non-hydrogen) atoms. The van der Waals surface area contributed by atoms with Gasteiger partial charge in [-0.2, -0.15) is 0 Å². The van der Waals surface area contributed by atoms with E-state index in [-0.39, 0.29) is 23.0 Å². The molecule has 4 heterocycles. The number of hydrogen-bond acceptors (Lipinski definition) is 8. The van der Waals surface area contributed by atoms with E-state index < -0.39 is 0 Å². The Balaban J connectivity index is 0.000000208. The second-order valence-electron chi connectivity index (χ2n) is 17.8. The fraction of sp³-hybridized carbons (Fsp3) is 0.510. The van der Waals surface area contributed by atoms with Crippen LogP contribution in [0.3, 0.4) is 0 Å². The number of hydrogen-bond donors (Lipinski definition) is 3. The zero-order valence-corrected chi connectivity index (χ0v) is 37.1. The number of allylic oxidation sites excluding steroid dienone is 3. The molecule has 11 heteroatoms. The third-order valence-electron chi connectivity index (χ3n) is 13.7. The number of phenols is 1. The Kier molecular flexibility index (Phi) is 16.3. The Morgan fingerprint density at radius 1 is 1.02 bits per heavy atom. The van der Waals surface area contributed by atoms with E-state index in [4.69, 9.17) is 9.47 Å².